The molecule has 0 spiro atoms. The van der Waals surface area contributed by atoms with E-state index >= 15 is 0 Å². The van der Waals surface area contributed by atoms with E-state index in [-0.39, 0.29) is 17.8 Å². The topological polar surface area (TPSA) is 42.1 Å². The summed E-state index contributed by atoms with van der Waals surface area (Å²) in [6.07, 6.45) is 2.60. The lowest BCUT2D eigenvalue weighted by molar-refractivity contribution is 0.00701. The molecule has 2 aromatic rings. The van der Waals surface area contributed by atoms with Crippen molar-refractivity contribution in [2.24, 2.45) is 0 Å². The molecule has 0 aliphatic carbocycles. The van der Waals surface area contributed by atoms with Crippen molar-refractivity contribution < 1.29 is 4.74 Å². The molecule has 3 rings (SSSR count). The Bertz CT molecular complexity index is 708. The number of hydrogen-bond donors (Lipinski definition) is 1. The molecule has 1 aromatic carbocycles. The van der Waals surface area contributed by atoms with E-state index < -0.39 is 0 Å². The molecule has 0 unspecified atom stereocenters. The maximum absolute atomic E-state index is 11.7. The monoisotopic (exact) mass is 289 g/mol. The van der Waals surface area contributed by atoms with Gasteiger partial charge in [0.25, 0.3) is 0 Å². The van der Waals surface area contributed by atoms with Crippen molar-refractivity contribution in [1.29, 1.82) is 0 Å². The van der Waals surface area contributed by atoms with Crippen LogP contribution in [-0.2, 0) is 11.2 Å². The van der Waals surface area contributed by atoms with Gasteiger partial charge in [-0.3, -0.25) is 4.79 Å². The number of aromatic nitrogens is 1. The van der Waals surface area contributed by atoms with Gasteiger partial charge in [0.15, 0.2) is 0 Å². The fourth-order valence-electron chi connectivity index (χ4n) is 2.81. The molecule has 0 radical (unpaired) electrons. The van der Waals surface area contributed by atoms with E-state index in [1.165, 1.54) is 0 Å². The SMILES string of the molecule is C[C@@H]1Cc2ccc(Cl)cc2-c2cc(=O)[nH]cc2[C@H](C)O1. The lowest BCUT2D eigenvalue weighted by Gasteiger charge is -2.26. The van der Waals surface area contributed by atoms with E-state index in [0.717, 1.165) is 28.7 Å². The van der Waals surface area contributed by atoms with Crippen molar-refractivity contribution in [3.05, 3.63) is 57.0 Å². The zero-order chi connectivity index (χ0) is 14.3. The highest BCUT2D eigenvalue weighted by Gasteiger charge is 2.22. The van der Waals surface area contributed by atoms with Gasteiger partial charge in [0.2, 0.25) is 5.56 Å². The molecule has 0 saturated carbocycles. The van der Waals surface area contributed by atoms with Crippen LogP contribution in [0.15, 0.2) is 35.3 Å². The number of H-pyrrole nitrogens is 1. The van der Waals surface area contributed by atoms with Gasteiger partial charge in [0, 0.05) is 22.8 Å². The minimum Gasteiger partial charge on any atom is -0.370 e. The number of benzene rings is 1. The van der Waals surface area contributed by atoms with Crippen molar-refractivity contribution in [3.63, 3.8) is 0 Å². The number of nitrogens with one attached hydrogen (secondary N) is 1. The Hall–Kier alpha value is -1.58. The third-order valence-electron chi connectivity index (χ3n) is 3.70. The van der Waals surface area contributed by atoms with Crippen LogP contribution in [0.3, 0.4) is 0 Å². The van der Waals surface area contributed by atoms with E-state index in [1.54, 1.807) is 12.3 Å². The Morgan fingerprint density at radius 3 is 2.85 bits per heavy atom. The fraction of sp³-hybridized carbons (Fsp3) is 0.312. The molecule has 0 saturated heterocycles. The molecular weight excluding hydrogens is 274 g/mol. The average molecular weight is 290 g/mol. The van der Waals surface area contributed by atoms with Gasteiger partial charge in [0.1, 0.15) is 0 Å². The van der Waals surface area contributed by atoms with Crippen molar-refractivity contribution in [2.75, 3.05) is 0 Å². The highest BCUT2D eigenvalue weighted by molar-refractivity contribution is 6.30. The Morgan fingerprint density at radius 2 is 2.05 bits per heavy atom. The standard InChI is InChI=1S/C16H16ClNO2/c1-9-5-11-3-4-12(17)6-13(11)14-7-16(19)18-8-15(14)10(2)20-9/h3-4,6-10H,5H2,1-2H3,(H,18,19)/t9-,10+/m1/s1. The Kier molecular flexibility index (Phi) is 3.40. The second kappa shape index (κ2) is 5.08. The summed E-state index contributed by atoms with van der Waals surface area (Å²) >= 11 is 6.13. The predicted octanol–water partition coefficient (Wildman–Crippen LogP) is 3.72. The molecule has 1 aromatic heterocycles. The molecule has 2 heterocycles. The van der Waals surface area contributed by atoms with E-state index in [1.807, 2.05) is 25.1 Å². The van der Waals surface area contributed by atoms with E-state index in [9.17, 15) is 4.79 Å². The number of pyridine rings is 1. The third kappa shape index (κ3) is 2.39. The first-order valence-corrected chi connectivity index (χ1v) is 7.09. The minimum absolute atomic E-state index is 0.0658. The lowest BCUT2D eigenvalue weighted by Crippen LogP contribution is -2.19. The summed E-state index contributed by atoms with van der Waals surface area (Å²) in [6, 6.07) is 7.45. The molecule has 4 heteroatoms. The number of aromatic amines is 1. The maximum Gasteiger partial charge on any atom is 0.248 e. The molecule has 0 amide bonds. The van der Waals surface area contributed by atoms with Gasteiger partial charge >= 0.3 is 0 Å². The van der Waals surface area contributed by atoms with Crippen LogP contribution in [0.4, 0.5) is 0 Å². The van der Waals surface area contributed by atoms with Crippen molar-refractivity contribution in [3.8, 4) is 11.1 Å². The number of rotatable bonds is 0. The van der Waals surface area contributed by atoms with Crippen LogP contribution >= 0.6 is 11.6 Å². The van der Waals surface area contributed by atoms with Gasteiger partial charge in [0.05, 0.1) is 12.2 Å². The van der Waals surface area contributed by atoms with Gasteiger partial charge in [-0.25, -0.2) is 0 Å². The zero-order valence-electron chi connectivity index (χ0n) is 11.4. The van der Waals surface area contributed by atoms with Crippen molar-refractivity contribution >= 4 is 11.6 Å². The van der Waals surface area contributed by atoms with Crippen molar-refractivity contribution in [2.45, 2.75) is 32.5 Å². The second-order valence-electron chi connectivity index (χ2n) is 5.26. The number of hydrogen-bond acceptors (Lipinski definition) is 2. The Morgan fingerprint density at radius 1 is 1.25 bits per heavy atom. The third-order valence-corrected chi connectivity index (χ3v) is 3.94. The van der Waals surface area contributed by atoms with Gasteiger partial charge in [-0.15, -0.1) is 0 Å². The molecule has 1 aliphatic heterocycles. The van der Waals surface area contributed by atoms with Gasteiger partial charge in [-0.1, -0.05) is 17.7 Å². The van der Waals surface area contributed by atoms with Crippen molar-refractivity contribution in [1.82, 2.24) is 4.98 Å². The fourth-order valence-corrected chi connectivity index (χ4v) is 2.98. The first-order chi connectivity index (χ1) is 9.54. The summed E-state index contributed by atoms with van der Waals surface area (Å²) < 4.78 is 5.99. The van der Waals surface area contributed by atoms with E-state index in [2.05, 4.69) is 11.9 Å². The Labute approximate surface area is 122 Å². The number of fused-ring (bicyclic) bond motifs is 3. The lowest BCUT2D eigenvalue weighted by atomic mass is 9.91. The van der Waals surface area contributed by atoms with E-state index in [0.29, 0.717) is 5.02 Å². The molecule has 2 atom stereocenters. The Balaban J connectivity index is 2.31. The van der Waals surface area contributed by atoms with Gasteiger partial charge in [-0.2, -0.15) is 0 Å². The molecule has 1 N–H and O–H groups in total. The molecule has 0 bridgehead atoms. The quantitative estimate of drug-likeness (QED) is 0.803. The van der Waals surface area contributed by atoms with Crippen LogP contribution in [0.1, 0.15) is 31.1 Å². The molecule has 104 valence electrons. The van der Waals surface area contributed by atoms with Gasteiger partial charge < -0.3 is 9.72 Å². The van der Waals surface area contributed by atoms with Crippen LogP contribution in [0.2, 0.25) is 5.02 Å². The highest BCUT2D eigenvalue weighted by Crippen LogP contribution is 2.36. The summed E-state index contributed by atoms with van der Waals surface area (Å²) in [7, 11) is 0. The summed E-state index contributed by atoms with van der Waals surface area (Å²) in [4.78, 5) is 14.4. The highest BCUT2D eigenvalue weighted by atomic mass is 35.5. The first-order valence-electron chi connectivity index (χ1n) is 6.71. The summed E-state index contributed by atoms with van der Waals surface area (Å²) in [5.41, 5.74) is 3.96. The maximum atomic E-state index is 11.7. The largest absolute Gasteiger partial charge is 0.370 e. The summed E-state index contributed by atoms with van der Waals surface area (Å²) in [5.74, 6) is 0. The minimum atomic E-state index is -0.115. The van der Waals surface area contributed by atoms with Crippen LogP contribution in [0.5, 0.6) is 0 Å². The molecular formula is C16H16ClNO2. The molecule has 0 fully saturated rings. The van der Waals surface area contributed by atoms with E-state index in [4.69, 9.17) is 16.3 Å². The van der Waals surface area contributed by atoms with Crippen LogP contribution in [-0.4, -0.2) is 11.1 Å². The molecule has 3 nitrogen and oxygen atoms in total. The van der Waals surface area contributed by atoms with Gasteiger partial charge in [-0.05, 0) is 49.1 Å². The van der Waals surface area contributed by atoms with Crippen LogP contribution in [0.25, 0.3) is 11.1 Å². The summed E-state index contributed by atoms with van der Waals surface area (Å²) in [5, 5.41) is 0.678. The first kappa shape index (κ1) is 13.4. The predicted molar refractivity (Wildman–Crippen MR) is 80.2 cm³/mol. The second-order valence-corrected chi connectivity index (χ2v) is 5.70. The average Bonchev–Trinajstić information content (AvgIpc) is 2.39. The molecule has 1 aliphatic rings. The normalized spacial score (nSPS) is 21.6. The smallest absolute Gasteiger partial charge is 0.248 e. The summed E-state index contributed by atoms with van der Waals surface area (Å²) in [6.45, 7) is 4.06. The zero-order valence-corrected chi connectivity index (χ0v) is 12.2. The van der Waals surface area contributed by atoms with Crippen LogP contribution in [0, 0.1) is 0 Å². The molecule has 20 heavy (non-hydrogen) atoms. The number of halogens is 1. The number of ether oxygens (including phenoxy) is 1. The van der Waals surface area contributed by atoms with Crippen LogP contribution < -0.4 is 5.56 Å².